The largest absolute Gasteiger partial charge is 0.490 e. The quantitative estimate of drug-likeness (QED) is 0.877. The van der Waals surface area contributed by atoms with E-state index in [4.69, 9.17) is 4.74 Å². The number of hydrogen-bond acceptors (Lipinski definition) is 5. The van der Waals surface area contributed by atoms with E-state index in [2.05, 4.69) is 22.0 Å². The van der Waals surface area contributed by atoms with Crippen LogP contribution >= 0.6 is 0 Å². The highest BCUT2D eigenvalue weighted by molar-refractivity contribution is 5.99. The van der Waals surface area contributed by atoms with Crippen molar-refractivity contribution < 1.29 is 9.53 Å². The molecule has 1 aliphatic heterocycles. The molecule has 0 unspecified atom stereocenters. The van der Waals surface area contributed by atoms with Crippen molar-refractivity contribution in [3.05, 3.63) is 60.1 Å². The van der Waals surface area contributed by atoms with Crippen molar-refractivity contribution in [2.75, 3.05) is 11.9 Å². The van der Waals surface area contributed by atoms with Crippen molar-refractivity contribution in [1.82, 2.24) is 14.8 Å². The van der Waals surface area contributed by atoms with Crippen molar-refractivity contribution in [2.24, 2.45) is 0 Å². The number of benzene rings is 1. The Morgan fingerprint density at radius 3 is 2.96 bits per heavy atom. The fourth-order valence-corrected chi connectivity index (χ4v) is 3.31. The summed E-state index contributed by atoms with van der Waals surface area (Å²) in [5.41, 5.74) is 2.78. The lowest BCUT2D eigenvalue weighted by Gasteiger charge is -2.32. The zero-order chi connectivity index (χ0) is 16.5. The van der Waals surface area contributed by atoms with E-state index in [-0.39, 0.29) is 11.8 Å². The maximum atomic E-state index is 12.6. The molecule has 1 N–H and O–H groups in total. The Morgan fingerprint density at radius 2 is 2.17 bits per heavy atom. The molecule has 1 atom stereocenters. The molecule has 0 radical (unpaired) electrons. The summed E-state index contributed by atoms with van der Waals surface area (Å²) in [6.07, 6.45) is 5.55. The zero-order valence-electron chi connectivity index (χ0n) is 13.2. The van der Waals surface area contributed by atoms with Crippen molar-refractivity contribution in [2.45, 2.75) is 25.3 Å². The number of carbonyl (C=O) groups excluding carboxylic acids is 1. The molecule has 4 rings (SSSR count). The molecule has 0 bridgehead atoms. The molecule has 0 saturated carbocycles. The number of aromatic nitrogens is 3. The Bertz CT molecular complexity index is 820. The fraction of sp³-hybridized carbons (Fsp3) is 0.278. The second-order valence-corrected chi connectivity index (χ2v) is 5.89. The van der Waals surface area contributed by atoms with Crippen LogP contribution in [0.25, 0.3) is 0 Å². The molecule has 2 heterocycles. The van der Waals surface area contributed by atoms with Crippen molar-refractivity contribution in [1.29, 1.82) is 0 Å². The third-order valence-electron chi connectivity index (χ3n) is 4.37. The first kappa shape index (κ1) is 14.7. The van der Waals surface area contributed by atoms with E-state index < -0.39 is 0 Å². The van der Waals surface area contributed by atoms with Crippen LogP contribution in [0.4, 0.5) is 5.95 Å². The summed E-state index contributed by atoms with van der Waals surface area (Å²) in [6.45, 7) is 4.11. The SMILES string of the molecule is C=CCOc1ccc([C@@H]2C3=C(CCCC3=O)Nc3ncnn32)cc1. The third kappa shape index (κ3) is 2.40. The van der Waals surface area contributed by atoms with Crippen LogP contribution in [0.2, 0.25) is 0 Å². The van der Waals surface area contributed by atoms with Gasteiger partial charge in [-0.15, -0.1) is 0 Å². The third-order valence-corrected chi connectivity index (χ3v) is 4.37. The molecule has 122 valence electrons. The van der Waals surface area contributed by atoms with Crippen LogP contribution < -0.4 is 10.1 Å². The molecular formula is C18H18N4O2. The number of fused-ring (bicyclic) bond motifs is 1. The number of ketones is 1. The molecule has 1 aromatic heterocycles. The van der Waals surface area contributed by atoms with E-state index in [1.807, 2.05) is 24.3 Å². The van der Waals surface area contributed by atoms with Gasteiger partial charge in [0.1, 0.15) is 24.7 Å². The first-order valence-electron chi connectivity index (χ1n) is 8.04. The highest BCUT2D eigenvalue weighted by Gasteiger charge is 2.35. The maximum Gasteiger partial charge on any atom is 0.226 e. The van der Waals surface area contributed by atoms with E-state index in [0.717, 1.165) is 35.4 Å². The second kappa shape index (κ2) is 5.96. The highest BCUT2D eigenvalue weighted by atomic mass is 16.5. The number of ether oxygens (including phenoxy) is 1. The van der Waals surface area contributed by atoms with Gasteiger partial charge in [0.25, 0.3) is 0 Å². The monoisotopic (exact) mass is 322 g/mol. The normalized spacial score (nSPS) is 19.3. The summed E-state index contributed by atoms with van der Waals surface area (Å²) >= 11 is 0. The van der Waals surface area contributed by atoms with Crippen LogP contribution in [0.3, 0.4) is 0 Å². The number of nitrogens with one attached hydrogen (secondary N) is 1. The minimum atomic E-state index is -0.236. The summed E-state index contributed by atoms with van der Waals surface area (Å²) in [4.78, 5) is 16.8. The molecule has 0 amide bonds. The Kier molecular flexibility index (Phi) is 3.65. The number of allylic oxidation sites excluding steroid dienone is 2. The molecular weight excluding hydrogens is 304 g/mol. The minimum absolute atomic E-state index is 0.182. The van der Waals surface area contributed by atoms with Gasteiger partial charge in [0.15, 0.2) is 5.78 Å². The molecule has 1 aliphatic carbocycles. The second-order valence-electron chi connectivity index (χ2n) is 5.89. The number of carbonyl (C=O) groups is 1. The summed E-state index contributed by atoms with van der Waals surface area (Å²) < 4.78 is 7.32. The van der Waals surface area contributed by atoms with Crippen LogP contribution in [0.5, 0.6) is 5.75 Å². The lowest BCUT2D eigenvalue weighted by molar-refractivity contribution is -0.116. The summed E-state index contributed by atoms with van der Waals surface area (Å²) in [5, 5.41) is 7.58. The number of nitrogens with zero attached hydrogens (tertiary/aromatic N) is 3. The summed E-state index contributed by atoms with van der Waals surface area (Å²) in [5.74, 6) is 1.64. The van der Waals surface area contributed by atoms with Crippen molar-refractivity contribution >= 4 is 11.7 Å². The Morgan fingerprint density at radius 1 is 1.33 bits per heavy atom. The Hall–Kier alpha value is -2.89. The summed E-state index contributed by atoms with van der Waals surface area (Å²) in [7, 11) is 0. The lowest BCUT2D eigenvalue weighted by atomic mass is 9.85. The van der Waals surface area contributed by atoms with Gasteiger partial charge in [-0.1, -0.05) is 24.8 Å². The molecule has 0 fully saturated rings. The van der Waals surface area contributed by atoms with E-state index in [0.29, 0.717) is 19.0 Å². The van der Waals surface area contributed by atoms with Crippen molar-refractivity contribution in [3.8, 4) is 5.75 Å². The highest BCUT2D eigenvalue weighted by Crippen LogP contribution is 2.39. The Balaban J connectivity index is 1.75. The molecule has 2 aliphatic rings. The lowest BCUT2D eigenvalue weighted by Crippen LogP contribution is -2.31. The van der Waals surface area contributed by atoms with Gasteiger partial charge in [-0.05, 0) is 30.5 Å². The van der Waals surface area contributed by atoms with Crippen LogP contribution in [-0.2, 0) is 4.79 Å². The van der Waals surface area contributed by atoms with Crippen LogP contribution in [0.15, 0.2) is 54.5 Å². The average Bonchev–Trinajstić information content (AvgIpc) is 3.07. The molecule has 0 saturated heterocycles. The van der Waals surface area contributed by atoms with Gasteiger partial charge in [-0.3, -0.25) is 4.79 Å². The van der Waals surface area contributed by atoms with Crippen LogP contribution in [0, 0.1) is 0 Å². The minimum Gasteiger partial charge on any atom is -0.490 e. The predicted molar refractivity (Wildman–Crippen MR) is 89.8 cm³/mol. The fourth-order valence-electron chi connectivity index (χ4n) is 3.31. The molecule has 0 spiro atoms. The maximum absolute atomic E-state index is 12.6. The van der Waals surface area contributed by atoms with Gasteiger partial charge in [0, 0.05) is 17.7 Å². The summed E-state index contributed by atoms with van der Waals surface area (Å²) in [6, 6.07) is 7.54. The van der Waals surface area contributed by atoms with Gasteiger partial charge >= 0.3 is 0 Å². The van der Waals surface area contributed by atoms with E-state index in [1.165, 1.54) is 6.33 Å². The topological polar surface area (TPSA) is 69.0 Å². The molecule has 6 heteroatoms. The van der Waals surface area contributed by atoms with Crippen molar-refractivity contribution in [3.63, 3.8) is 0 Å². The number of anilines is 1. The van der Waals surface area contributed by atoms with Crippen LogP contribution in [-0.4, -0.2) is 27.2 Å². The molecule has 24 heavy (non-hydrogen) atoms. The van der Waals surface area contributed by atoms with Crippen LogP contribution in [0.1, 0.15) is 30.9 Å². The van der Waals surface area contributed by atoms with E-state index >= 15 is 0 Å². The number of rotatable bonds is 4. The molecule has 1 aromatic carbocycles. The van der Waals surface area contributed by atoms with Gasteiger partial charge in [-0.25, -0.2) is 4.68 Å². The first-order chi connectivity index (χ1) is 11.8. The van der Waals surface area contributed by atoms with E-state index in [1.54, 1.807) is 10.8 Å². The Labute approximate surface area is 139 Å². The molecule has 6 nitrogen and oxygen atoms in total. The van der Waals surface area contributed by atoms with Gasteiger partial charge in [-0.2, -0.15) is 10.1 Å². The van der Waals surface area contributed by atoms with Gasteiger partial charge < -0.3 is 10.1 Å². The smallest absolute Gasteiger partial charge is 0.226 e. The first-order valence-corrected chi connectivity index (χ1v) is 8.04. The van der Waals surface area contributed by atoms with Gasteiger partial charge in [0.2, 0.25) is 5.95 Å². The number of Topliss-reactive ketones (excluding diaryl/α,β-unsaturated/α-hetero) is 1. The van der Waals surface area contributed by atoms with E-state index in [9.17, 15) is 4.79 Å². The average molecular weight is 322 g/mol. The number of hydrogen-bond donors (Lipinski definition) is 1. The molecule has 2 aromatic rings. The zero-order valence-corrected chi connectivity index (χ0v) is 13.2. The standard InChI is InChI=1S/C18H18N4O2/c1-2-10-24-13-8-6-12(7-9-13)17-16-14(4-3-5-15(16)23)21-18-19-11-20-22(17)18/h2,6-9,11,17H,1,3-5,10H2,(H,19,20,21)/t17-/m1/s1. The van der Waals surface area contributed by atoms with Gasteiger partial charge in [0.05, 0.1) is 0 Å². The predicted octanol–water partition coefficient (Wildman–Crippen LogP) is 2.86.